The molecule has 0 radical (unpaired) electrons. The fraction of sp³-hybridized carbons (Fsp3) is 0.500. The summed E-state index contributed by atoms with van der Waals surface area (Å²) < 4.78 is 0. The standard InChI is InChI=1S/C12H15N3/c13-8-10-6-7-14-9-12(10)15-11-4-2-1-3-5-11/h6-7,9,11,15H,1-5H2. The Labute approximate surface area is 90.1 Å². The number of pyridine rings is 1. The van der Waals surface area contributed by atoms with Gasteiger partial charge in [-0.2, -0.15) is 5.26 Å². The maximum absolute atomic E-state index is 8.93. The van der Waals surface area contributed by atoms with E-state index in [0.29, 0.717) is 11.6 Å². The Bertz CT molecular complexity index is 361. The summed E-state index contributed by atoms with van der Waals surface area (Å²) in [5, 5.41) is 12.3. The molecule has 1 saturated carbocycles. The summed E-state index contributed by atoms with van der Waals surface area (Å²) in [6.45, 7) is 0. The van der Waals surface area contributed by atoms with Crippen LogP contribution >= 0.6 is 0 Å². The maximum Gasteiger partial charge on any atom is 0.101 e. The molecule has 3 heteroatoms. The molecule has 1 aromatic rings. The highest BCUT2D eigenvalue weighted by Crippen LogP contribution is 2.22. The van der Waals surface area contributed by atoms with Gasteiger partial charge in [-0.05, 0) is 18.9 Å². The van der Waals surface area contributed by atoms with Crippen molar-refractivity contribution in [3.05, 3.63) is 24.0 Å². The van der Waals surface area contributed by atoms with E-state index < -0.39 is 0 Å². The summed E-state index contributed by atoms with van der Waals surface area (Å²) in [6.07, 6.45) is 9.74. The lowest BCUT2D eigenvalue weighted by molar-refractivity contribution is 0.462. The van der Waals surface area contributed by atoms with E-state index >= 15 is 0 Å². The second-order valence-electron chi connectivity index (χ2n) is 4.01. The van der Waals surface area contributed by atoms with E-state index in [9.17, 15) is 0 Å². The van der Waals surface area contributed by atoms with Gasteiger partial charge in [0.25, 0.3) is 0 Å². The van der Waals surface area contributed by atoms with Crippen LogP contribution in [-0.4, -0.2) is 11.0 Å². The van der Waals surface area contributed by atoms with E-state index in [4.69, 9.17) is 5.26 Å². The largest absolute Gasteiger partial charge is 0.380 e. The summed E-state index contributed by atoms with van der Waals surface area (Å²) in [6, 6.07) is 4.46. The monoisotopic (exact) mass is 201 g/mol. The van der Waals surface area contributed by atoms with E-state index in [2.05, 4.69) is 16.4 Å². The van der Waals surface area contributed by atoms with Crippen LogP contribution in [0.2, 0.25) is 0 Å². The van der Waals surface area contributed by atoms with Gasteiger partial charge in [0.05, 0.1) is 17.4 Å². The van der Waals surface area contributed by atoms with Gasteiger partial charge >= 0.3 is 0 Å². The lowest BCUT2D eigenvalue weighted by Crippen LogP contribution is -2.22. The van der Waals surface area contributed by atoms with Crippen molar-refractivity contribution in [2.75, 3.05) is 5.32 Å². The van der Waals surface area contributed by atoms with E-state index in [-0.39, 0.29) is 0 Å². The van der Waals surface area contributed by atoms with Crippen molar-refractivity contribution in [1.82, 2.24) is 4.98 Å². The van der Waals surface area contributed by atoms with Crippen molar-refractivity contribution >= 4 is 5.69 Å². The zero-order valence-corrected chi connectivity index (χ0v) is 8.74. The summed E-state index contributed by atoms with van der Waals surface area (Å²) in [4.78, 5) is 4.05. The number of anilines is 1. The van der Waals surface area contributed by atoms with E-state index in [1.807, 2.05) is 0 Å². The molecule has 15 heavy (non-hydrogen) atoms. The van der Waals surface area contributed by atoms with Gasteiger partial charge in [-0.15, -0.1) is 0 Å². The van der Waals surface area contributed by atoms with Gasteiger partial charge in [0.15, 0.2) is 0 Å². The molecule has 1 heterocycles. The van der Waals surface area contributed by atoms with Crippen molar-refractivity contribution in [2.24, 2.45) is 0 Å². The highest BCUT2D eigenvalue weighted by molar-refractivity contribution is 5.55. The van der Waals surface area contributed by atoms with Crippen LogP contribution in [0.3, 0.4) is 0 Å². The van der Waals surface area contributed by atoms with Crippen LogP contribution in [0.25, 0.3) is 0 Å². The van der Waals surface area contributed by atoms with Crippen molar-refractivity contribution in [3.63, 3.8) is 0 Å². The Kier molecular flexibility index (Phi) is 3.18. The summed E-state index contributed by atoms with van der Waals surface area (Å²) in [7, 11) is 0. The van der Waals surface area contributed by atoms with Crippen LogP contribution in [0.1, 0.15) is 37.7 Å². The Morgan fingerprint density at radius 3 is 2.87 bits per heavy atom. The topological polar surface area (TPSA) is 48.7 Å². The molecule has 0 saturated heterocycles. The van der Waals surface area contributed by atoms with Gasteiger partial charge in [-0.25, -0.2) is 0 Å². The van der Waals surface area contributed by atoms with Crippen molar-refractivity contribution in [2.45, 2.75) is 38.1 Å². The summed E-state index contributed by atoms with van der Waals surface area (Å²) in [5.41, 5.74) is 1.57. The molecule has 0 unspecified atom stereocenters. The molecule has 0 spiro atoms. The lowest BCUT2D eigenvalue weighted by atomic mass is 9.95. The molecule has 0 aromatic carbocycles. The minimum absolute atomic E-state index is 0.523. The molecule has 2 rings (SSSR count). The Morgan fingerprint density at radius 2 is 2.13 bits per heavy atom. The fourth-order valence-corrected chi connectivity index (χ4v) is 2.07. The highest BCUT2D eigenvalue weighted by Gasteiger charge is 2.14. The third-order valence-electron chi connectivity index (χ3n) is 2.91. The Balaban J connectivity index is 2.06. The van der Waals surface area contributed by atoms with E-state index in [1.54, 1.807) is 18.5 Å². The number of hydrogen-bond donors (Lipinski definition) is 1. The average molecular weight is 201 g/mol. The van der Waals surface area contributed by atoms with Crippen LogP contribution in [-0.2, 0) is 0 Å². The zero-order chi connectivity index (χ0) is 10.5. The Morgan fingerprint density at radius 1 is 1.33 bits per heavy atom. The fourth-order valence-electron chi connectivity index (χ4n) is 2.07. The molecule has 1 N–H and O–H groups in total. The first-order valence-electron chi connectivity index (χ1n) is 5.51. The predicted molar refractivity (Wildman–Crippen MR) is 59.4 cm³/mol. The van der Waals surface area contributed by atoms with Gasteiger partial charge in [-0.3, -0.25) is 4.98 Å². The van der Waals surface area contributed by atoms with Crippen molar-refractivity contribution in [3.8, 4) is 6.07 Å². The van der Waals surface area contributed by atoms with Gasteiger partial charge in [0.2, 0.25) is 0 Å². The molecule has 3 nitrogen and oxygen atoms in total. The van der Waals surface area contributed by atoms with Crippen LogP contribution < -0.4 is 5.32 Å². The minimum atomic E-state index is 0.523. The molecule has 78 valence electrons. The molecule has 1 aliphatic rings. The molecular formula is C12H15N3. The van der Waals surface area contributed by atoms with Crippen LogP contribution in [0.4, 0.5) is 5.69 Å². The number of rotatable bonds is 2. The molecule has 0 atom stereocenters. The average Bonchev–Trinajstić information content (AvgIpc) is 2.31. The Hall–Kier alpha value is -1.56. The first kappa shape index (κ1) is 9.97. The molecule has 0 aliphatic heterocycles. The number of nitrogens with one attached hydrogen (secondary N) is 1. The summed E-state index contributed by atoms with van der Waals surface area (Å²) in [5.74, 6) is 0. The maximum atomic E-state index is 8.93. The zero-order valence-electron chi connectivity index (χ0n) is 8.74. The van der Waals surface area contributed by atoms with Crippen molar-refractivity contribution in [1.29, 1.82) is 5.26 Å². The van der Waals surface area contributed by atoms with Crippen LogP contribution in [0.5, 0.6) is 0 Å². The van der Waals surface area contributed by atoms with E-state index in [0.717, 1.165) is 5.69 Å². The van der Waals surface area contributed by atoms with Crippen LogP contribution in [0, 0.1) is 11.3 Å². The molecule has 0 amide bonds. The second-order valence-corrected chi connectivity index (χ2v) is 4.01. The van der Waals surface area contributed by atoms with Gasteiger partial charge in [0.1, 0.15) is 6.07 Å². The molecule has 1 aliphatic carbocycles. The number of nitriles is 1. The van der Waals surface area contributed by atoms with E-state index in [1.165, 1.54) is 32.1 Å². The van der Waals surface area contributed by atoms with Crippen LogP contribution in [0.15, 0.2) is 18.5 Å². The first-order chi connectivity index (χ1) is 7.40. The normalized spacial score (nSPS) is 17.0. The number of hydrogen-bond acceptors (Lipinski definition) is 3. The first-order valence-corrected chi connectivity index (χ1v) is 5.51. The second kappa shape index (κ2) is 4.79. The lowest BCUT2D eigenvalue weighted by Gasteiger charge is -2.23. The summed E-state index contributed by atoms with van der Waals surface area (Å²) >= 11 is 0. The third kappa shape index (κ3) is 2.47. The predicted octanol–water partition coefficient (Wildman–Crippen LogP) is 2.70. The van der Waals surface area contributed by atoms with Crippen molar-refractivity contribution < 1.29 is 0 Å². The van der Waals surface area contributed by atoms with Gasteiger partial charge in [0, 0.05) is 12.2 Å². The highest BCUT2D eigenvalue weighted by atomic mass is 14.9. The quantitative estimate of drug-likeness (QED) is 0.800. The smallest absolute Gasteiger partial charge is 0.101 e. The third-order valence-corrected chi connectivity index (χ3v) is 2.91. The molecule has 1 aromatic heterocycles. The number of nitrogens with zero attached hydrogens (tertiary/aromatic N) is 2. The molecule has 0 bridgehead atoms. The number of aromatic nitrogens is 1. The minimum Gasteiger partial charge on any atom is -0.380 e. The molecular weight excluding hydrogens is 186 g/mol. The van der Waals surface area contributed by atoms with Gasteiger partial charge in [-0.1, -0.05) is 19.3 Å². The van der Waals surface area contributed by atoms with Gasteiger partial charge < -0.3 is 5.32 Å². The SMILES string of the molecule is N#Cc1ccncc1NC1CCCCC1. The molecule has 1 fully saturated rings.